The van der Waals surface area contributed by atoms with Gasteiger partial charge in [0, 0.05) is 19.5 Å². The smallest absolute Gasteiger partial charge is 0.266 e. The first kappa shape index (κ1) is 37.3. The summed E-state index contributed by atoms with van der Waals surface area (Å²) in [7, 11) is 3.23. The fourth-order valence-electron chi connectivity index (χ4n) is 6.03. The number of amides is 6. The molecule has 1 fully saturated rings. The molecular formula is C38H42N4O10. The minimum atomic E-state index is -1.10. The Morgan fingerprint density at radius 3 is 2.12 bits per heavy atom. The normalized spacial score (nSPS) is 15.1. The van der Waals surface area contributed by atoms with Crippen LogP contribution in [0.5, 0.6) is 23.0 Å². The summed E-state index contributed by atoms with van der Waals surface area (Å²) in [6.45, 7) is 0.219. The summed E-state index contributed by atoms with van der Waals surface area (Å²) in [4.78, 5) is 75.6. The van der Waals surface area contributed by atoms with Gasteiger partial charge in [0.25, 0.3) is 23.6 Å². The van der Waals surface area contributed by atoms with E-state index in [9.17, 15) is 28.8 Å². The summed E-state index contributed by atoms with van der Waals surface area (Å²) >= 11 is 0. The third-order valence-electron chi connectivity index (χ3n) is 8.68. The van der Waals surface area contributed by atoms with Crippen LogP contribution in [-0.4, -0.2) is 86.9 Å². The monoisotopic (exact) mass is 714 g/mol. The molecule has 274 valence electrons. The Balaban J connectivity index is 0.955. The summed E-state index contributed by atoms with van der Waals surface area (Å²) in [5.74, 6) is -1.17. The fourth-order valence-corrected chi connectivity index (χ4v) is 6.03. The van der Waals surface area contributed by atoms with Crippen molar-refractivity contribution in [2.75, 3.05) is 40.5 Å². The zero-order valence-electron chi connectivity index (χ0n) is 29.2. The van der Waals surface area contributed by atoms with Gasteiger partial charge in [-0.15, -0.1) is 0 Å². The van der Waals surface area contributed by atoms with Gasteiger partial charge in [-0.05, 0) is 86.1 Å². The average Bonchev–Trinajstić information content (AvgIpc) is 3.40. The average molecular weight is 715 g/mol. The van der Waals surface area contributed by atoms with E-state index in [0.29, 0.717) is 43.2 Å². The van der Waals surface area contributed by atoms with Crippen molar-refractivity contribution in [1.29, 1.82) is 0 Å². The number of fused-ring (bicyclic) bond motifs is 1. The van der Waals surface area contributed by atoms with Gasteiger partial charge in [-0.25, -0.2) is 0 Å². The number of piperidine rings is 1. The number of nitrogens with zero attached hydrogens (tertiary/aromatic N) is 1. The molecule has 3 aromatic carbocycles. The number of ether oxygens (including phenoxy) is 4. The van der Waals surface area contributed by atoms with E-state index in [1.807, 2.05) is 42.5 Å². The molecule has 0 bridgehead atoms. The van der Waals surface area contributed by atoms with Gasteiger partial charge in [0.2, 0.25) is 11.8 Å². The van der Waals surface area contributed by atoms with Crippen molar-refractivity contribution in [3.8, 4) is 23.0 Å². The number of aryl methyl sites for hydroxylation is 2. The number of hydrogen-bond donors (Lipinski definition) is 3. The van der Waals surface area contributed by atoms with E-state index in [-0.39, 0.29) is 42.2 Å². The van der Waals surface area contributed by atoms with Crippen molar-refractivity contribution in [3.63, 3.8) is 0 Å². The lowest BCUT2D eigenvalue weighted by atomic mass is 10.0. The number of hydrogen-bond acceptors (Lipinski definition) is 10. The molecule has 0 saturated carbocycles. The highest BCUT2D eigenvalue weighted by molar-refractivity contribution is 6.24. The first-order valence-electron chi connectivity index (χ1n) is 17.1. The minimum Gasteiger partial charge on any atom is -0.493 e. The molecule has 14 heteroatoms. The third-order valence-corrected chi connectivity index (χ3v) is 8.68. The largest absolute Gasteiger partial charge is 0.493 e. The summed E-state index contributed by atoms with van der Waals surface area (Å²) in [6.07, 6.45) is 3.90. The van der Waals surface area contributed by atoms with Crippen molar-refractivity contribution < 1.29 is 47.7 Å². The van der Waals surface area contributed by atoms with E-state index in [0.717, 1.165) is 35.3 Å². The molecule has 0 spiro atoms. The maximum atomic E-state index is 13.2. The second-order valence-corrected chi connectivity index (χ2v) is 12.3. The second-order valence-electron chi connectivity index (χ2n) is 12.3. The van der Waals surface area contributed by atoms with Gasteiger partial charge in [-0.3, -0.25) is 39.0 Å². The van der Waals surface area contributed by atoms with E-state index >= 15 is 0 Å². The van der Waals surface area contributed by atoms with Gasteiger partial charge in [0.05, 0.1) is 25.3 Å². The van der Waals surface area contributed by atoms with E-state index in [4.69, 9.17) is 18.9 Å². The molecule has 2 heterocycles. The number of unbranched alkanes of at least 4 members (excludes halogenated alkanes) is 1. The highest BCUT2D eigenvalue weighted by Gasteiger charge is 2.46. The maximum absolute atomic E-state index is 13.2. The highest BCUT2D eigenvalue weighted by Crippen LogP contribution is 2.33. The lowest BCUT2D eigenvalue weighted by Gasteiger charge is -2.27. The van der Waals surface area contributed by atoms with Crippen LogP contribution in [0.1, 0.15) is 63.9 Å². The molecule has 1 saturated heterocycles. The van der Waals surface area contributed by atoms with Crippen LogP contribution in [0.3, 0.4) is 0 Å². The van der Waals surface area contributed by atoms with Crippen molar-refractivity contribution in [1.82, 2.24) is 20.9 Å². The van der Waals surface area contributed by atoms with Gasteiger partial charge in [-0.2, -0.15) is 0 Å². The molecule has 3 N–H and O–H groups in total. The van der Waals surface area contributed by atoms with Gasteiger partial charge in [0.15, 0.2) is 24.7 Å². The Labute approximate surface area is 301 Å². The number of benzene rings is 3. The van der Waals surface area contributed by atoms with Crippen molar-refractivity contribution in [2.45, 2.75) is 51.0 Å². The van der Waals surface area contributed by atoms with Crippen molar-refractivity contribution in [3.05, 3.63) is 82.9 Å². The molecule has 2 aliphatic rings. The maximum Gasteiger partial charge on any atom is 0.266 e. The standard InChI is InChI=1S/C38H42N4O10/c1-49-29-16-14-25(21-31(29)50-2)9-5-8-24-10-6-11-26(20-24)51-22-33(44)39-18-3-4-19-40-34(45)23-52-30-13-7-12-27-35(30)38(48)42(37(27)47)28-15-17-32(43)41-36(28)46/h6-7,10-14,16,20-21,28H,3-5,8-9,15,17-19,22-23H2,1-2H3,(H,39,44)(H,40,45)(H,41,43,46). The molecule has 52 heavy (non-hydrogen) atoms. The van der Waals surface area contributed by atoms with Crippen molar-refractivity contribution in [2.24, 2.45) is 0 Å². The van der Waals surface area contributed by atoms with Crippen LogP contribution >= 0.6 is 0 Å². The zero-order valence-corrected chi connectivity index (χ0v) is 29.2. The summed E-state index contributed by atoms with van der Waals surface area (Å²) in [5.41, 5.74) is 2.30. The molecule has 0 aromatic heterocycles. The van der Waals surface area contributed by atoms with Gasteiger partial charge in [0.1, 0.15) is 17.5 Å². The van der Waals surface area contributed by atoms with Crippen molar-refractivity contribution >= 4 is 35.4 Å². The summed E-state index contributed by atoms with van der Waals surface area (Å²) in [6, 6.07) is 16.9. The fraction of sp³-hybridized carbons (Fsp3) is 0.368. The Bertz CT molecular complexity index is 1830. The van der Waals surface area contributed by atoms with Gasteiger partial charge in [-0.1, -0.05) is 24.3 Å². The SMILES string of the molecule is COc1ccc(CCCc2cccc(OCC(=O)NCCCCNC(=O)COc3cccc4c3C(=O)N(C3CCC(=O)NC3=O)C4=O)c2)cc1OC. The predicted octanol–water partition coefficient (Wildman–Crippen LogP) is 2.75. The number of methoxy groups -OCH3 is 2. The number of carbonyl (C=O) groups excluding carboxylic acids is 6. The Kier molecular flexibility index (Phi) is 12.8. The summed E-state index contributed by atoms with van der Waals surface area (Å²) < 4.78 is 22.0. The number of carbonyl (C=O) groups is 6. The lowest BCUT2D eigenvalue weighted by Crippen LogP contribution is -2.54. The third kappa shape index (κ3) is 9.44. The predicted molar refractivity (Wildman–Crippen MR) is 187 cm³/mol. The van der Waals surface area contributed by atoms with E-state index in [1.165, 1.54) is 18.2 Å². The first-order valence-corrected chi connectivity index (χ1v) is 17.1. The molecular weight excluding hydrogens is 672 g/mol. The van der Waals surface area contributed by atoms with Gasteiger partial charge < -0.3 is 29.6 Å². The zero-order chi connectivity index (χ0) is 37.0. The number of nitrogens with one attached hydrogen (secondary N) is 3. The highest BCUT2D eigenvalue weighted by atomic mass is 16.5. The number of rotatable bonds is 18. The van der Waals surface area contributed by atoms with Crippen LogP contribution in [0.2, 0.25) is 0 Å². The molecule has 0 aliphatic carbocycles. The van der Waals surface area contributed by atoms with E-state index < -0.39 is 42.2 Å². The molecule has 0 radical (unpaired) electrons. The Morgan fingerprint density at radius 2 is 1.42 bits per heavy atom. The van der Waals surface area contributed by atoms with Crippen LogP contribution in [0, 0.1) is 0 Å². The molecule has 3 aromatic rings. The molecule has 5 rings (SSSR count). The van der Waals surface area contributed by atoms with Gasteiger partial charge >= 0.3 is 0 Å². The van der Waals surface area contributed by atoms with Crippen LogP contribution in [0.4, 0.5) is 0 Å². The molecule has 1 unspecified atom stereocenters. The Hall–Kier alpha value is -5.92. The molecule has 2 aliphatic heterocycles. The molecule has 14 nitrogen and oxygen atoms in total. The summed E-state index contributed by atoms with van der Waals surface area (Å²) in [5, 5.41) is 7.69. The quantitative estimate of drug-likeness (QED) is 0.131. The van der Waals surface area contributed by atoms with Crippen LogP contribution in [-0.2, 0) is 32.0 Å². The van der Waals surface area contributed by atoms with Crippen LogP contribution < -0.4 is 34.9 Å². The Morgan fingerprint density at radius 1 is 0.750 bits per heavy atom. The minimum absolute atomic E-state index is 0.00860. The first-order chi connectivity index (χ1) is 25.2. The lowest BCUT2D eigenvalue weighted by molar-refractivity contribution is -0.136. The topological polar surface area (TPSA) is 179 Å². The van der Waals surface area contributed by atoms with E-state index in [2.05, 4.69) is 16.0 Å². The number of imide groups is 2. The molecule has 1 atom stereocenters. The molecule has 6 amide bonds. The van der Waals surface area contributed by atoms with Crippen LogP contribution in [0.25, 0.3) is 0 Å². The van der Waals surface area contributed by atoms with Crippen LogP contribution in [0.15, 0.2) is 60.7 Å². The van der Waals surface area contributed by atoms with E-state index in [1.54, 1.807) is 14.2 Å². The second kappa shape index (κ2) is 17.8.